The van der Waals surface area contributed by atoms with Gasteiger partial charge in [-0.1, -0.05) is 6.92 Å². The first kappa shape index (κ1) is 37.9. The third-order valence-electron chi connectivity index (χ3n) is 11.3. The molecular weight excluding hydrogens is 594 g/mol. The maximum atomic E-state index is 11.9. The van der Waals surface area contributed by atoms with Gasteiger partial charge in [0.05, 0.1) is 55.5 Å². The largest absolute Gasteiger partial charge is 0.481 e. The quantitative estimate of drug-likeness (QED) is 0.128. The summed E-state index contributed by atoms with van der Waals surface area (Å²) < 4.78 is 24.4. The molecule has 0 aromatic carbocycles. The average molecular weight is 658 g/mol. The number of ether oxygens (including phenoxy) is 4. The van der Waals surface area contributed by atoms with E-state index in [2.05, 4.69) is 10.6 Å². The second kappa shape index (κ2) is 18.7. The van der Waals surface area contributed by atoms with Crippen LogP contribution in [0.4, 0.5) is 0 Å². The lowest BCUT2D eigenvalue weighted by Gasteiger charge is -2.45. The van der Waals surface area contributed by atoms with Crippen molar-refractivity contribution in [3.8, 4) is 0 Å². The summed E-state index contributed by atoms with van der Waals surface area (Å²) in [7, 11) is 3.27. The van der Waals surface area contributed by atoms with Gasteiger partial charge in [0, 0.05) is 26.7 Å². The van der Waals surface area contributed by atoms with Crippen LogP contribution in [-0.4, -0.2) is 121 Å². The lowest BCUT2D eigenvalue weighted by Crippen LogP contribution is -2.52. The smallest absolute Gasteiger partial charge is 0.303 e. The Morgan fingerprint density at radius 3 is 2.41 bits per heavy atom. The van der Waals surface area contributed by atoms with Crippen LogP contribution < -0.4 is 16.4 Å². The number of carboxylic acid groups (broad SMARTS) is 1. The molecular formula is C34H63N3O9. The number of rotatable bonds is 16. The molecule has 0 radical (unpaired) electrons. The zero-order chi connectivity index (χ0) is 33.2. The molecule has 4 aliphatic rings. The Morgan fingerprint density at radius 1 is 0.957 bits per heavy atom. The van der Waals surface area contributed by atoms with Crippen LogP contribution in [0.25, 0.3) is 0 Å². The fourth-order valence-electron chi connectivity index (χ4n) is 8.71. The van der Waals surface area contributed by atoms with Crippen molar-refractivity contribution in [2.45, 2.75) is 151 Å². The van der Waals surface area contributed by atoms with E-state index in [1.807, 2.05) is 6.92 Å². The van der Waals surface area contributed by atoms with E-state index in [0.717, 1.165) is 57.9 Å². The Morgan fingerprint density at radius 2 is 1.72 bits per heavy atom. The zero-order valence-corrected chi connectivity index (χ0v) is 28.3. The fourth-order valence-corrected chi connectivity index (χ4v) is 8.71. The number of likely N-dealkylation sites (N-methyl/N-ethyl adjacent to an activating group) is 1. The molecule has 0 bridgehead atoms. The number of nitrogens with two attached hydrogens (primary N) is 1. The summed E-state index contributed by atoms with van der Waals surface area (Å²) >= 11 is 0. The summed E-state index contributed by atoms with van der Waals surface area (Å²) in [4.78, 5) is 11.9. The highest BCUT2D eigenvalue weighted by Gasteiger charge is 2.44. The molecule has 268 valence electrons. The Hall–Kier alpha value is -0.930. The van der Waals surface area contributed by atoms with Crippen molar-refractivity contribution in [1.29, 1.82) is 0 Å². The average Bonchev–Trinajstić information content (AvgIpc) is 3.02. The van der Waals surface area contributed by atoms with Crippen LogP contribution in [0.3, 0.4) is 0 Å². The van der Waals surface area contributed by atoms with Crippen LogP contribution in [0.2, 0.25) is 0 Å². The van der Waals surface area contributed by atoms with Gasteiger partial charge in [0.2, 0.25) is 0 Å². The third-order valence-corrected chi connectivity index (χ3v) is 11.3. The van der Waals surface area contributed by atoms with Gasteiger partial charge in [-0.25, -0.2) is 0 Å². The monoisotopic (exact) mass is 657 g/mol. The molecule has 2 aliphatic carbocycles. The van der Waals surface area contributed by atoms with E-state index < -0.39 is 36.5 Å². The Kier molecular flexibility index (Phi) is 15.4. The molecule has 8 N–H and O–H groups in total. The van der Waals surface area contributed by atoms with Crippen LogP contribution in [0.5, 0.6) is 0 Å². The van der Waals surface area contributed by atoms with Crippen molar-refractivity contribution < 1.29 is 44.2 Å². The van der Waals surface area contributed by atoms with Gasteiger partial charge in [-0.3, -0.25) is 4.79 Å². The molecule has 2 heterocycles. The standard InChI is InChI=1S/C34H63N3O9/c1-4-36-26(22(16-33(40)41)11-21-9-10-37-32(35)13-21)19-45-31-15-23(14-30(44-3)34(31)42)28-18-24(38)17-25(46-28)7-5-20-6-8-27(39)29(12-20)43-2/h20-32,34,36-39,42H,4-19,35H2,1-3H3,(H,40,41). The van der Waals surface area contributed by atoms with Crippen LogP contribution >= 0.6 is 0 Å². The molecule has 0 aromatic rings. The predicted octanol–water partition coefficient (Wildman–Crippen LogP) is 1.77. The number of aliphatic hydroxyl groups excluding tert-OH is 3. The molecule has 2 aliphatic heterocycles. The first-order chi connectivity index (χ1) is 22.1. The summed E-state index contributed by atoms with van der Waals surface area (Å²) in [5.41, 5.74) is 6.15. The minimum atomic E-state index is -0.828. The zero-order valence-electron chi connectivity index (χ0n) is 28.3. The fraction of sp³-hybridized carbons (Fsp3) is 0.971. The van der Waals surface area contributed by atoms with Gasteiger partial charge < -0.3 is 55.7 Å². The number of carboxylic acids is 1. The Labute approximate surface area is 275 Å². The molecule has 14 atom stereocenters. The van der Waals surface area contributed by atoms with Crippen LogP contribution in [0.15, 0.2) is 0 Å². The van der Waals surface area contributed by atoms with E-state index in [9.17, 15) is 25.2 Å². The number of hydrogen-bond acceptors (Lipinski definition) is 11. The van der Waals surface area contributed by atoms with Crippen LogP contribution in [0.1, 0.15) is 90.4 Å². The molecule has 4 rings (SSSR count). The molecule has 12 heteroatoms. The summed E-state index contributed by atoms with van der Waals surface area (Å²) in [5.74, 6) is -0.103. The summed E-state index contributed by atoms with van der Waals surface area (Å²) in [5, 5.41) is 48.8. The first-order valence-electron chi connectivity index (χ1n) is 17.9. The normalized spacial score (nSPS) is 40.3. The number of aliphatic carboxylic acids is 1. The highest BCUT2D eigenvalue weighted by Crippen LogP contribution is 2.39. The number of piperidine rings is 1. The number of methoxy groups -OCH3 is 2. The molecule has 0 aromatic heterocycles. The molecule has 12 nitrogen and oxygen atoms in total. The summed E-state index contributed by atoms with van der Waals surface area (Å²) in [6, 6.07) is -0.184. The van der Waals surface area contributed by atoms with Crippen molar-refractivity contribution in [3.63, 3.8) is 0 Å². The minimum absolute atomic E-state index is 0.0412. The Bertz CT molecular complexity index is 902. The molecule has 0 spiro atoms. The molecule has 0 amide bonds. The Balaban J connectivity index is 1.36. The number of hydrogen-bond donors (Lipinski definition) is 7. The van der Waals surface area contributed by atoms with Crippen molar-refractivity contribution in [2.75, 3.05) is 33.9 Å². The molecule has 2 saturated heterocycles. The molecule has 4 fully saturated rings. The number of nitrogens with one attached hydrogen (secondary N) is 2. The third kappa shape index (κ3) is 11.0. The van der Waals surface area contributed by atoms with Gasteiger partial charge in [0.25, 0.3) is 0 Å². The van der Waals surface area contributed by atoms with Crippen molar-refractivity contribution in [1.82, 2.24) is 10.6 Å². The van der Waals surface area contributed by atoms with E-state index in [1.165, 1.54) is 0 Å². The van der Waals surface area contributed by atoms with Gasteiger partial charge in [0.15, 0.2) is 0 Å². The lowest BCUT2D eigenvalue weighted by molar-refractivity contribution is -0.178. The van der Waals surface area contributed by atoms with Gasteiger partial charge in [-0.05, 0) is 114 Å². The van der Waals surface area contributed by atoms with E-state index in [1.54, 1.807) is 14.2 Å². The number of carbonyl (C=O) groups is 1. The summed E-state index contributed by atoms with van der Waals surface area (Å²) in [6.07, 6.45) is 6.34. The summed E-state index contributed by atoms with van der Waals surface area (Å²) in [6.45, 7) is 3.80. The lowest BCUT2D eigenvalue weighted by atomic mass is 9.77. The minimum Gasteiger partial charge on any atom is -0.481 e. The van der Waals surface area contributed by atoms with Crippen LogP contribution in [0, 0.1) is 23.7 Å². The van der Waals surface area contributed by atoms with Crippen molar-refractivity contribution >= 4 is 5.97 Å². The van der Waals surface area contributed by atoms with Gasteiger partial charge in [0.1, 0.15) is 6.10 Å². The highest BCUT2D eigenvalue weighted by molar-refractivity contribution is 5.67. The maximum absolute atomic E-state index is 11.9. The van der Waals surface area contributed by atoms with E-state index >= 15 is 0 Å². The first-order valence-corrected chi connectivity index (χ1v) is 17.9. The van der Waals surface area contributed by atoms with Crippen LogP contribution in [-0.2, 0) is 23.7 Å². The molecule has 46 heavy (non-hydrogen) atoms. The predicted molar refractivity (Wildman–Crippen MR) is 173 cm³/mol. The number of aliphatic hydroxyl groups is 3. The molecule has 14 unspecified atom stereocenters. The van der Waals surface area contributed by atoms with Crippen molar-refractivity contribution in [2.24, 2.45) is 29.4 Å². The van der Waals surface area contributed by atoms with Gasteiger partial charge in [-0.2, -0.15) is 0 Å². The van der Waals surface area contributed by atoms with Gasteiger partial charge in [-0.15, -0.1) is 0 Å². The topological polar surface area (TPSA) is 185 Å². The van der Waals surface area contributed by atoms with E-state index in [0.29, 0.717) is 44.1 Å². The maximum Gasteiger partial charge on any atom is 0.303 e. The highest BCUT2D eigenvalue weighted by atomic mass is 16.5. The van der Waals surface area contributed by atoms with E-state index in [-0.39, 0.29) is 55.4 Å². The van der Waals surface area contributed by atoms with E-state index in [4.69, 9.17) is 24.7 Å². The van der Waals surface area contributed by atoms with Gasteiger partial charge >= 0.3 is 5.97 Å². The van der Waals surface area contributed by atoms with Crippen molar-refractivity contribution in [3.05, 3.63) is 0 Å². The second-order valence-electron chi connectivity index (χ2n) is 14.6. The second-order valence-corrected chi connectivity index (χ2v) is 14.6. The SMILES string of the molecule is CCNC(COC1CC(C2CC(O)CC(CCC3CCC(O)C(OC)C3)O2)CC(OC)C1O)C(CC(=O)O)CC1CCNC(N)C1. The molecule has 2 saturated carbocycles.